The maximum Gasteiger partial charge on any atom is 0.410 e. The number of anilines is 1. The third-order valence-corrected chi connectivity index (χ3v) is 15.8. The number of carbonyl (C=O) groups excluding carboxylic acids is 8. The highest BCUT2D eigenvalue weighted by molar-refractivity contribution is 5.98. The average Bonchev–Trinajstić information content (AvgIpc) is 4.37. The van der Waals surface area contributed by atoms with Crippen molar-refractivity contribution in [3.05, 3.63) is 65.7 Å². The zero-order chi connectivity index (χ0) is 60.9. The van der Waals surface area contributed by atoms with Gasteiger partial charge in [-0.3, -0.25) is 33.7 Å². The highest BCUT2D eigenvalue weighted by Gasteiger charge is 2.59. The Balaban J connectivity index is 1.59. The molecule has 0 aliphatic heterocycles. The van der Waals surface area contributed by atoms with Crippen LogP contribution in [-0.4, -0.2) is 152 Å². The first-order valence-electron chi connectivity index (χ1n) is 28.5. The largest absolute Gasteiger partial charge is 0.445 e. The summed E-state index contributed by atoms with van der Waals surface area (Å²) in [6.07, 6.45) is 0.876. The van der Waals surface area contributed by atoms with Crippen LogP contribution in [0.4, 0.5) is 15.3 Å². The molecule has 0 spiro atoms. The SMILES string of the molecule is CC[C@H](C)[C@@H]([C@@H](CC(=O)NCCC[C@@H]1C[C@@]1(OC)[C@@H](C)C(=O)N[C@H](C)[C@@H](O)c1ccccc1)OC)N(C)C(=O)[C@@H](NC(=O)[C@H](C(C)C)N(C)C(=O)OCc1ccc(NC(=O)[C@H](CCCNC(N)=O)NC(=O)[C@@H](N)C(C)C)cc1)C(C)C. The van der Waals surface area contributed by atoms with Gasteiger partial charge in [-0.1, -0.05) is 111 Å². The molecule has 0 radical (unpaired) electrons. The summed E-state index contributed by atoms with van der Waals surface area (Å²) in [5, 5.41) is 27.7. The fourth-order valence-corrected chi connectivity index (χ4v) is 10.3. The number of aliphatic hydroxyl groups excluding tert-OH is 1. The summed E-state index contributed by atoms with van der Waals surface area (Å²) in [5.74, 6) is -3.82. The van der Waals surface area contributed by atoms with Crippen LogP contribution in [0.2, 0.25) is 0 Å². The molecule has 1 saturated carbocycles. The van der Waals surface area contributed by atoms with Crippen molar-refractivity contribution in [3.8, 4) is 0 Å². The topological polar surface area (TPSA) is 315 Å². The molecule has 0 saturated heterocycles. The molecule has 1 aliphatic rings. The predicted molar refractivity (Wildman–Crippen MR) is 310 cm³/mol. The Hall–Kier alpha value is -6.36. The average molecular weight is 1140 g/mol. The fourth-order valence-electron chi connectivity index (χ4n) is 10.3. The highest BCUT2D eigenvalue weighted by atomic mass is 16.6. The molecule has 454 valence electrons. The highest BCUT2D eigenvalue weighted by Crippen LogP contribution is 2.54. The minimum absolute atomic E-state index is 0.0312. The lowest BCUT2D eigenvalue weighted by Gasteiger charge is -2.40. The minimum Gasteiger partial charge on any atom is -0.445 e. The van der Waals surface area contributed by atoms with Crippen molar-refractivity contribution in [2.75, 3.05) is 46.7 Å². The molecule has 11 N–H and O–H groups in total. The van der Waals surface area contributed by atoms with E-state index in [0.717, 1.165) is 0 Å². The quantitative estimate of drug-likeness (QED) is 0.0429. The second-order valence-electron chi connectivity index (χ2n) is 22.8. The van der Waals surface area contributed by atoms with E-state index in [1.807, 2.05) is 65.0 Å². The van der Waals surface area contributed by atoms with Gasteiger partial charge in [-0.15, -0.1) is 0 Å². The smallest absolute Gasteiger partial charge is 0.410 e. The monoisotopic (exact) mass is 1140 g/mol. The lowest BCUT2D eigenvalue weighted by Crippen LogP contribution is -2.60. The van der Waals surface area contributed by atoms with Crippen molar-refractivity contribution in [1.29, 1.82) is 0 Å². The Morgan fingerprint density at radius 1 is 0.753 bits per heavy atom. The summed E-state index contributed by atoms with van der Waals surface area (Å²) in [6, 6.07) is 10.1. The summed E-state index contributed by atoms with van der Waals surface area (Å²) < 4.78 is 17.5. The molecule has 2 aromatic carbocycles. The van der Waals surface area contributed by atoms with Crippen molar-refractivity contribution >= 4 is 53.3 Å². The number of rotatable bonds is 34. The maximum absolute atomic E-state index is 14.6. The number of hydrogen-bond donors (Lipinski definition) is 9. The Labute approximate surface area is 480 Å². The fraction of sp³-hybridized carbons (Fsp3) is 0.661. The standard InChI is InChI=1S/C59H96N10O12/c1-15-37(8)50(45(79-13)31-46(70)62-29-19-23-42-32-59(42,80-14)38(9)52(72)64-39(10)51(71)41-21-17-16-18-22-41)68(11)56(76)48(35(4)5)67-55(75)49(36(6)7)69(12)58(78)81-33-40-25-27-43(28-26-40)65-53(73)44(24-20-30-63-57(61)77)66-54(74)47(60)34(2)3/h16-18,21-22,25-28,34-39,42,44-45,47-51,71H,15,19-20,23-24,29-33,60H2,1-14H3,(H,62,70)(H,64,72)(H,65,73)(H,66,74)(H,67,75)(H3,61,63,77)/t37-,38-,39+,42+,44-,45+,47-,48-,49-,50-,51+,59+/m0/s1. The van der Waals surface area contributed by atoms with Gasteiger partial charge in [0.05, 0.1) is 48.3 Å². The van der Waals surface area contributed by atoms with E-state index in [2.05, 4.69) is 31.9 Å². The molecule has 1 fully saturated rings. The number of nitrogens with two attached hydrogens (primary N) is 2. The zero-order valence-electron chi connectivity index (χ0n) is 50.3. The van der Waals surface area contributed by atoms with E-state index >= 15 is 0 Å². The molecule has 22 heteroatoms. The number of nitrogens with one attached hydrogen (secondary N) is 6. The lowest BCUT2D eigenvalue weighted by molar-refractivity contribution is -0.144. The third kappa shape index (κ3) is 20.2. The number of likely N-dealkylation sites (N-methyl/N-ethyl adjacent to an activating group) is 2. The van der Waals surface area contributed by atoms with E-state index in [-0.39, 0.29) is 67.4 Å². The lowest BCUT2D eigenvalue weighted by atomic mass is 9.89. The normalized spacial score (nSPS) is 18.6. The van der Waals surface area contributed by atoms with Gasteiger partial charge in [-0.25, -0.2) is 9.59 Å². The van der Waals surface area contributed by atoms with Crippen LogP contribution < -0.4 is 43.4 Å². The van der Waals surface area contributed by atoms with Gasteiger partial charge in [0.1, 0.15) is 24.7 Å². The molecule has 0 unspecified atom stereocenters. The maximum atomic E-state index is 14.6. The molecule has 1 aliphatic carbocycles. The molecule has 0 heterocycles. The van der Waals surface area contributed by atoms with Crippen LogP contribution in [0.25, 0.3) is 0 Å². The first-order chi connectivity index (χ1) is 38.1. The van der Waals surface area contributed by atoms with Crippen molar-refractivity contribution in [2.24, 2.45) is 47.0 Å². The third-order valence-electron chi connectivity index (χ3n) is 15.8. The van der Waals surface area contributed by atoms with Gasteiger partial charge in [0, 0.05) is 47.1 Å². The summed E-state index contributed by atoms with van der Waals surface area (Å²) in [5.41, 5.74) is 12.2. The predicted octanol–water partition coefficient (Wildman–Crippen LogP) is 4.73. The van der Waals surface area contributed by atoms with Gasteiger partial charge in [-0.2, -0.15) is 0 Å². The van der Waals surface area contributed by atoms with Crippen molar-refractivity contribution in [1.82, 2.24) is 36.4 Å². The number of hydrogen-bond acceptors (Lipinski definition) is 13. The van der Waals surface area contributed by atoms with E-state index < -0.39 is 95.7 Å². The molecular formula is C59H96N10O12. The number of ether oxygens (including phenoxy) is 3. The summed E-state index contributed by atoms with van der Waals surface area (Å²) in [7, 11) is 6.22. The minimum atomic E-state index is -1.03. The van der Waals surface area contributed by atoms with Gasteiger partial charge in [0.15, 0.2) is 0 Å². The Morgan fingerprint density at radius 3 is 1.94 bits per heavy atom. The van der Waals surface area contributed by atoms with Gasteiger partial charge < -0.3 is 67.6 Å². The second kappa shape index (κ2) is 32.9. The van der Waals surface area contributed by atoms with Crippen LogP contribution in [0.1, 0.15) is 131 Å². The first-order valence-corrected chi connectivity index (χ1v) is 28.5. The Morgan fingerprint density at radius 2 is 1.38 bits per heavy atom. The van der Waals surface area contributed by atoms with Crippen LogP contribution in [0, 0.1) is 35.5 Å². The number of nitrogens with zero attached hydrogens (tertiary/aromatic N) is 2. The van der Waals surface area contributed by atoms with Gasteiger partial charge >= 0.3 is 12.1 Å². The van der Waals surface area contributed by atoms with E-state index in [0.29, 0.717) is 55.5 Å². The van der Waals surface area contributed by atoms with Crippen molar-refractivity contribution in [3.63, 3.8) is 0 Å². The number of amides is 9. The molecule has 81 heavy (non-hydrogen) atoms. The first kappa shape index (κ1) is 68.9. The Kier molecular flexibility index (Phi) is 28.0. The van der Waals surface area contributed by atoms with Gasteiger partial charge in [0.25, 0.3) is 0 Å². The van der Waals surface area contributed by atoms with Crippen LogP contribution in [0.15, 0.2) is 54.6 Å². The molecule has 12 atom stereocenters. The molecule has 2 aromatic rings. The van der Waals surface area contributed by atoms with Gasteiger partial charge in [0.2, 0.25) is 35.4 Å². The molecule has 22 nitrogen and oxygen atoms in total. The van der Waals surface area contributed by atoms with Crippen molar-refractivity contribution < 1.29 is 57.7 Å². The van der Waals surface area contributed by atoms with E-state index in [1.165, 1.54) is 19.1 Å². The molecule has 9 amide bonds. The van der Waals surface area contributed by atoms with Crippen LogP contribution >= 0.6 is 0 Å². The number of carbonyl (C=O) groups is 8. The Bertz CT molecular complexity index is 2360. The van der Waals surface area contributed by atoms with E-state index in [1.54, 1.807) is 77.9 Å². The number of urea groups is 1. The molecular weight excluding hydrogens is 1040 g/mol. The summed E-state index contributed by atoms with van der Waals surface area (Å²) in [4.78, 5) is 109. The van der Waals surface area contributed by atoms with Gasteiger partial charge in [-0.05, 0) is 91.9 Å². The number of methoxy groups -OCH3 is 2. The van der Waals surface area contributed by atoms with E-state index in [9.17, 15) is 43.5 Å². The van der Waals surface area contributed by atoms with Crippen LogP contribution in [-0.2, 0) is 49.6 Å². The molecule has 3 rings (SSSR count). The molecule has 0 aromatic heterocycles. The van der Waals surface area contributed by atoms with Crippen LogP contribution in [0.3, 0.4) is 0 Å². The molecule has 0 bridgehead atoms. The summed E-state index contributed by atoms with van der Waals surface area (Å²) in [6.45, 7) is 18.8. The second-order valence-corrected chi connectivity index (χ2v) is 22.8. The zero-order valence-corrected chi connectivity index (χ0v) is 50.3. The number of benzene rings is 2. The van der Waals surface area contributed by atoms with Crippen molar-refractivity contribution in [2.45, 2.75) is 175 Å². The van der Waals surface area contributed by atoms with Crippen LogP contribution in [0.5, 0.6) is 0 Å². The summed E-state index contributed by atoms with van der Waals surface area (Å²) >= 11 is 0. The number of aliphatic hydroxyl groups is 1. The van der Waals surface area contributed by atoms with E-state index in [4.69, 9.17) is 25.7 Å². The number of primary amides is 1.